The summed E-state index contributed by atoms with van der Waals surface area (Å²) in [6.45, 7) is 12.7. The molecule has 2 N–H and O–H groups in total. The van der Waals surface area contributed by atoms with Crippen LogP contribution in [0, 0.1) is 5.92 Å². The van der Waals surface area contributed by atoms with Gasteiger partial charge in [-0.2, -0.15) is 4.68 Å². The standard InChI is InChI=1S/C47H53ClN10O9/c1-46(2,3)66-44(63)39-24-30-23-32(10-14-35(30)58(39)45(64)67-47(4,5)6)51-40(59)38(22-28-7-11-33(12-8-28)54-17-16-49-34(41(54)60)21-29-15-20-65-26-29)56-19-18-55(42(61)43(56)62)37-25-31(48)9-13-36(37)57-27-50-52-53-57/h7-14,23-25,27,29,34,38,49H,15-22,26H2,1-6H3,(H,51,59)/t29?,34?,38-/m0/s1. The van der Waals surface area contributed by atoms with E-state index in [4.69, 9.17) is 25.8 Å². The van der Waals surface area contributed by atoms with Crippen LogP contribution in [0.2, 0.25) is 5.02 Å². The molecular weight excluding hydrogens is 884 g/mol. The first-order chi connectivity index (χ1) is 31.8. The van der Waals surface area contributed by atoms with Gasteiger partial charge in [0.25, 0.3) is 0 Å². The fourth-order valence-electron chi connectivity index (χ4n) is 8.52. The number of halogens is 1. The van der Waals surface area contributed by atoms with Crippen molar-refractivity contribution in [1.29, 1.82) is 0 Å². The lowest BCUT2D eigenvalue weighted by atomic mass is 9.96. The average Bonchev–Trinajstić information content (AvgIpc) is 4.06. The van der Waals surface area contributed by atoms with Crippen molar-refractivity contribution in [2.75, 3.05) is 54.5 Å². The summed E-state index contributed by atoms with van der Waals surface area (Å²) in [5.74, 6) is -2.89. The molecule has 67 heavy (non-hydrogen) atoms. The summed E-state index contributed by atoms with van der Waals surface area (Å²) in [7, 11) is 0. The van der Waals surface area contributed by atoms with E-state index in [0.717, 1.165) is 11.0 Å². The van der Waals surface area contributed by atoms with Crippen LogP contribution >= 0.6 is 11.6 Å². The van der Waals surface area contributed by atoms with E-state index in [1.54, 1.807) is 95.0 Å². The van der Waals surface area contributed by atoms with Crippen LogP contribution < -0.4 is 20.4 Å². The molecule has 5 aromatic rings. The summed E-state index contributed by atoms with van der Waals surface area (Å²) in [6, 6.07) is 16.7. The fraction of sp³-hybridized carbons (Fsp3) is 0.426. The number of carbonyl (C=O) groups excluding carboxylic acids is 6. The second kappa shape index (κ2) is 18.9. The third-order valence-electron chi connectivity index (χ3n) is 11.6. The summed E-state index contributed by atoms with van der Waals surface area (Å²) >= 11 is 6.38. The van der Waals surface area contributed by atoms with E-state index in [9.17, 15) is 28.8 Å². The number of fused-ring (bicyclic) bond motifs is 1. The molecule has 352 valence electrons. The minimum atomic E-state index is -1.21. The van der Waals surface area contributed by atoms with Crippen molar-refractivity contribution >= 4 is 75.3 Å². The number of aromatic nitrogens is 5. The summed E-state index contributed by atoms with van der Waals surface area (Å²) in [5.41, 5.74) is 0.853. The van der Waals surface area contributed by atoms with Gasteiger partial charge in [-0.25, -0.2) is 14.2 Å². The van der Waals surface area contributed by atoms with Gasteiger partial charge < -0.3 is 39.5 Å². The zero-order valence-corrected chi connectivity index (χ0v) is 38.9. The zero-order chi connectivity index (χ0) is 47.8. The van der Waals surface area contributed by atoms with Crippen molar-refractivity contribution in [2.24, 2.45) is 5.92 Å². The van der Waals surface area contributed by atoms with Crippen LogP contribution in [-0.2, 0) is 39.8 Å². The molecule has 0 spiro atoms. The van der Waals surface area contributed by atoms with Gasteiger partial charge in [-0.15, -0.1) is 5.10 Å². The van der Waals surface area contributed by atoms with Gasteiger partial charge >= 0.3 is 23.9 Å². The van der Waals surface area contributed by atoms with Crippen LogP contribution in [0.4, 0.5) is 21.9 Å². The number of esters is 1. The molecule has 20 heteroatoms. The zero-order valence-electron chi connectivity index (χ0n) is 38.2. The van der Waals surface area contributed by atoms with Crippen LogP contribution in [0.25, 0.3) is 16.6 Å². The number of anilines is 3. The first kappa shape index (κ1) is 46.8. The third-order valence-corrected chi connectivity index (χ3v) is 11.8. The van der Waals surface area contributed by atoms with Crippen molar-refractivity contribution < 1.29 is 43.0 Å². The topological polar surface area (TPSA) is 212 Å². The summed E-state index contributed by atoms with van der Waals surface area (Å²) in [6.07, 6.45) is 2.17. The van der Waals surface area contributed by atoms with E-state index in [1.807, 2.05) is 12.1 Å². The number of tetrazole rings is 1. The highest BCUT2D eigenvalue weighted by molar-refractivity contribution is 6.41. The molecule has 3 saturated heterocycles. The van der Waals surface area contributed by atoms with E-state index in [2.05, 4.69) is 26.2 Å². The maximum Gasteiger partial charge on any atom is 0.419 e. The molecule has 8 rings (SSSR count). The SMILES string of the molecule is CC(C)(C)OC(=O)c1cc2cc(NC(=O)[C@H](Cc3ccc(N4CCNC(CC5CCOC5)C4=O)cc3)N3CCN(c4cc(Cl)ccc4-n4cnnn4)C(=O)C3=O)ccc2n1C(=O)OC(C)(C)C. The second-order valence-corrected chi connectivity index (χ2v) is 19.2. The van der Waals surface area contributed by atoms with Crippen molar-refractivity contribution in [3.63, 3.8) is 0 Å². The maximum atomic E-state index is 14.7. The molecule has 3 atom stereocenters. The van der Waals surface area contributed by atoms with Gasteiger partial charge in [-0.1, -0.05) is 23.7 Å². The molecule has 0 bridgehead atoms. The number of carbonyl (C=O) groups is 6. The van der Waals surface area contributed by atoms with Gasteiger partial charge in [0.1, 0.15) is 29.3 Å². The lowest BCUT2D eigenvalue weighted by molar-refractivity contribution is -0.149. The number of rotatable bonds is 11. The molecule has 2 unspecified atom stereocenters. The molecule has 0 aliphatic carbocycles. The number of hydrogen-bond acceptors (Lipinski definition) is 13. The molecule has 0 saturated carbocycles. The van der Waals surface area contributed by atoms with Gasteiger partial charge in [-0.3, -0.25) is 19.2 Å². The molecule has 3 aromatic carbocycles. The highest BCUT2D eigenvalue weighted by Crippen LogP contribution is 2.32. The summed E-state index contributed by atoms with van der Waals surface area (Å²) < 4.78 is 19.3. The normalized spacial score (nSPS) is 18.7. The molecule has 2 aromatic heterocycles. The second-order valence-electron chi connectivity index (χ2n) is 18.8. The molecule has 3 aliphatic rings. The summed E-state index contributed by atoms with van der Waals surface area (Å²) in [5, 5.41) is 18.4. The Morgan fingerprint density at radius 2 is 1.64 bits per heavy atom. The van der Waals surface area contributed by atoms with Gasteiger partial charge in [0.2, 0.25) is 11.8 Å². The number of hydrogen-bond donors (Lipinski definition) is 2. The van der Waals surface area contributed by atoms with Crippen molar-refractivity contribution in [3.8, 4) is 5.69 Å². The number of ether oxygens (including phenoxy) is 3. The quantitative estimate of drug-likeness (QED) is 0.130. The monoisotopic (exact) mass is 936 g/mol. The number of nitrogens with one attached hydrogen (secondary N) is 2. The molecule has 4 amide bonds. The van der Waals surface area contributed by atoms with Crippen LogP contribution in [0.1, 0.15) is 70.4 Å². The van der Waals surface area contributed by atoms with Crippen molar-refractivity contribution in [2.45, 2.75) is 84.1 Å². The lowest BCUT2D eigenvalue weighted by Gasteiger charge is -2.38. The summed E-state index contributed by atoms with van der Waals surface area (Å²) in [4.78, 5) is 88.0. The van der Waals surface area contributed by atoms with Crippen LogP contribution in [-0.4, -0.2) is 128 Å². The number of benzene rings is 3. The van der Waals surface area contributed by atoms with Gasteiger partial charge in [0.15, 0.2) is 0 Å². The Kier molecular flexibility index (Phi) is 13.2. The third kappa shape index (κ3) is 10.5. The van der Waals surface area contributed by atoms with Crippen molar-refractivity contribution in [1.82, 2.24) is 35.0 Å². The Morgan fingerprint density at radius 3 is 2.33 bits per heavy atom. The van der Waals surface area contributed by atoms with Crippen LogP contribution in [0.15, 0.2) is 73.1 Å². The molecule has 0 radical (unpaired) electrons. The van der Waals surface area contributed by atoms with E-state index < -0.39 is 47.0 Å². The number of amides is 4. The largest absolute Gasteiger partial charge is 0.455 e. The molecule has 5 heterocycles. The van der Waals surface area contributed by atoms with Crippen LogP contribution in [0.5, 0.6) is 0 Å². The Hall–Kier alpha value is -6.70. The smallest absolute Gasteiger partial charge is 0.419 e. The predicted molar refractivity (Wildman–Crippen MR) is 247 cm³/mol. The van der Waals surface area contributed by atoms with Crippen LogP contribution in [0.3, 0.4) is 0 Å². The first-order valence-corrected chi connectivity index (χ1v) is 22.5. The lowest BCUT2D eigenvalue weighted by Crippen LogP contribution is -2.60. The van der Waals surface area contributed by atoms with E-state index >= 15 is 0 Å². The highest BCUT2D eigenvalue weighted by atomic mass is 35.5. The Labute approximate surface area is 391 Å². The minimum absolute atomic E-state index is 0.000400. The van der Waals surface area contributed by atoms with Gasteiger partial charge in [0.05, 0.1) is 22.9 Å². The number of piperazine rings is 2. The van der Waals surface area contributed by atoms with Gasteiger partial charge in [0, 0.05) is 67.6 Å². The predicted octanol–water partition coefficient (Wildman–Crippen LogP) is 5.17. The minimum Gasteiger partial charge on any atom is -0.455 e. The first-order valence-electron chi connectivity index (χ1n) is 22.1. The highest BCUT2D eigenvalue weighted by Gasteiger charge is 2.41. The van der Waals surface area contributed by atoms with E-state index in [0.29, 0.717) is 77.2 Å². The molecular formula is C47H53ClN10O9. The molecule has 3 fully saturated rings. The molecule has 3 aliphatic heterocycles. The Bertz CT molecular complexity index is 2700. The van der Waals surface area contributed by atoms with E-state index in [-0.39, 0.29) is 42.8 Å². The number of nitrogens with zero attached hydrogens (tertiary/aromatic N) is 8. The Morgan fingerprint density at radius 1 is 0.881 bits per heavy atom. The molecule has 19 nitrogen and oxygen atoms in total. The van der Waals surface area contributed by atoms with Crippen molar-refractivity contribution in [3.05, 3.63) is 89.3 Å². The van der Waals surface area contributed by atoms with Gasteiger partial charge in [-0.05, 0) is 131 Å². The Balaban J connectivity index is 1.09. The fourth-order valence-corrected chi connectivity index (χ4v) is 8.68. The maximum absolute atomic E-state index is 14.7. The average molecular weight is 937 g/mol. The van der Waals surface area contributed by atoms with E-state index in [1.165, 1.54) is 26.9 Å².